The highest BCUT2D eigenvalue weighted by molar-refractivity contribution is 6.29. The Morgan fingerprint density at radius 2 is 2.11 bits per heavy atom. The van der Waals surface area contributed by atoms with Crippen molar-refractivity contribution in [2.75, 3.05) is 5.32 Å². The van der Waals surface area contributed by atoms with Crippen molar-refractivity contribution in [3.8, 4) is 0 Å². The summed E-state index contributed by atoms with van der Waals surface area (Å²) in [7, 11) is 0. The maximum atomic E-state index is 5.98. The number of rotatable bonds is 2. The van der Waals surface area contributed by atoms with Crippen LogP contribution in [0.25, 0.3) is 0 Å². The van der Waals surface area contributed by atoms with Crippen LogP contribution in [0.3, 0.4) is 0 Å². The van der Waals surface area contributed by atoms with E-state index >= 15 is 0 Å². The van der Waals surface area contributed by atoms with Crippen molar-refractivity contribution in [3.05, 3.63) is 52.4 Å². The summed E-state index contributed by atoms with van der Waals surface area (Å²) in [5.41, 5.74) is 2.81. The van der Waals surface area contributed by atoms with E-state index in [-0.39, 0.29) is 0 Å². The van der Waals surface area contributed by atoms with Gasteiger partial charge in [0.1, 0.15) is 16.8 Å². The van der Waals surface area contributed by atoms with Crippen LogP contribution >= 0.6 is 11.6 Å². The molecular weight excluding hydrogens is 258 g/mol. The highest BCUT2D eigenvalue weighted by Crippen LogP contribution is 2.32. The number of aryl methyl sites for hydroxylation is 2. The van der Waals surface area contributed by atoms with Crippen LogP contribution in [0, 0.1) is 6.92 Å². The van der Waals surface area contributed by atoms with Crippen molar-refractivity contribution in [1.82, 2.24) is 9.97 Å². The predicted octanol–water partition coefficient (Wildman–Crippen LogP) is 3.93. The molecule has 1 heterocycles. The lowest BCUT2D eigenvalue weighted by molar-refractivity contribution is 0.598. The normalized spacial score (nSPS) is 17.9. The van der Waals surface area contributed by atoms with Crippen LogP contribution in [-0.4, -0.2) is 9.97 Å². The van der Waals surface area contributed by atoms with Crippen LogP contribution in [0.4, 0.5) is 5.82 Å². The van der Waals surface area contributed by atoms with Crippen molar-refractivity contribution in [3.63, 3.8) is 0 Å². The first-order valence-electron chi connectivity index (χ1n) is 6.58. The fourth-order valence-corrected chi connectivity index (χ4v) is 2.91. The molecule has 1 N–H and O–H groups in total. The van der Waals surface area contributed by atoms with E-state index in [1.807, 2.05) is 6.92 Å². The predicted molar refractivity (Wildman–Crippen MR) is 77.5 cm³/mol. The first kappa shape index (κ1) is 12.4. The number of hydrogen-bond donors (Lipinski definition) is 1. The van der Waals surface area contributed by atoms with E-state index < -0.39 is 0 Å². The second-order valence-electron chi connectivity index (χ2n) is 4.91. The molecule has 1 aliphatic rings. The average molecular weight is 274 g/mol. The van der Waals surface area contributed by atoms with E-state index in [2.05, 4.69) is 39.6 Å². The molecule has 1 aliphatic carbocycles. The van der Waals surface area contributed by atoms with Gasteiger partial charge in [0.15, 0.2) is 0 Å². The monoisotopic (exact) mass is 273 g/mol. The minimum atomic E-state index is 0.315. The van der Waals surface area contributed by atoms with Crippen LogP contribution in [0.5, 0.6) is 0 Å². The third kappa shape index (κ3) is 2.71. The molecule has 4 heteroatoms. The standard InChI is InChI=1S/C15H16ClN3/c1-10-17-14(16)9-15(18-10)19-13-8-4-6-11-5-2-3-7-12(11)13/h2-3,5,7,9,13H,4,6,8H2,1H3,(H,17,18,19)/t13-/m1/s1. The van der Waals surface area contributed by atoms with E-state index in [0.717, 1.165) is 18.7 Å². The summed E-state index contributed by atoms with van der Waals surface area (Å²) in [6.45, 7) is 1.85. The highest BCUT2D eigenvalue weighted by Gasteiger charge is 2.19. The summed E-state index contributed by atoms with van der Waals surface area (Å²) in [5.74, 6) is 1.50. The summed E-state index contributed by atoms with van der Waals surface area (Å²) < 4.78 is 0. The molecule has 0 saturated heterocycles. The van der Waals surface area contributed by atoms with E-state index in [1.165, 1.54) is 17.5 Å². The van der Waals surface area contributed by atoms with Gasteiger partial charge in [0.2, 0.25) is 0 Å². The number of nitrogens with one attached hydrogen (secondary N) is 1. The zero-order valence-electron chi connectivity index (χ0n) is 10.9. The molecule has 98 valence electrons. The maximum absolute atomic E-state index is 5.98. The largest absolute Gasteiger partial charge is 0.363 e. The summed E-state index contributed by atoms with van der Waals surface area (Å²) in [6.07, 6.45) is 3.49. The molecule has 0 radical (unpaired) electrons. The third-order valence-corrected chi connectivity index (χ3v) is 3.69. The highest BCUT2D eigenvalue weighted by atomic mass is 35.5. The molecule has 19 heavy (non-hydrogen) atoms. The van der Waals surface area contributed by atoms with Gasteiger partial charge in [-0.1, -0.05) is 35.9 Å². The molecule has 0 spiro atoms. The molecule has 0 amide bonds. The molecule has 0 aliphatic heterocycles. The lowest BCUT2D eigenvalue weighted by Crippen LogP contribution is -2.18. The molecule has 0 fully saturated rings. The molecule has 1 aromatic carbocycles. The van der Waals surface area contributed by atoms with Gasteiger partial charge < -0.3 is 5.32 Å². The van der Waals surface area contributed by atoms with Gasteiger partial charge in [-0.05, 0) is 37.3 Å². The van der Waals surface area contributed by atoms with E-state index in [0.29, 0.717) is 17.0 Å². The smallest absolute Gasteiger partial charge is 0.134 e. The first-order chi connectivity index (χ1) is 9.22. The Hall–Kier alpha value is -1.61. The van der Waals surface area contributed by atoms with Crippen molar-refractivity contribution in [1.29, 1.82) is 0 Å². The summed E-state index contributed by atoms with van der Waals surface area (Å²) in [6, 6.07) is 10.7. The number of nitrogens with zero attached hydrogens (tertiary/aromatic N) is 2. The molecule has 3 rings (SSSR count). The molecule has 0 unspecified atom stereocenters. The van der Waals surface area contributed by atoms with E-state index in [9.17, 15) is 0 Å². The lowest BCUT2D eigenvalue weighted by Gasteiger charge is -2.26. The van der Waals surface area contributed by atoms with Crippen LogP contribution in [0.2, 0.25) is 5.15 Å². The summed E-state index contributed by atoms with van der Waals surface area (Å²) >= 11 is 5.98. The Morgan fingerprint density at radius 3 is 2.95 bits per heavy atom. The van der Waals surface area contributed by atoms with Gasteiger partial charge in [-0.2, -0.15) is 0 Å². The van der Waals surface area contributed by atoms with Crippen LogP contribution in [0.15, 0.2) is 30.3 Å². The van der Waals surface area contributed by atoms with Gasteiger partial charge in [0.05, 0.1) is 6.04 Å². The molecule has 2 aromatic rings. The summed E-state index contributed by atoms with van der Waals surface area (Å²) in [5, 5.41) is 3.97. The van der Waals surface area contributed by atoms with Gasteiger partial charge in [-0.25, -0.2) is 9.97 Å². The van der Waals surface area contributed by atoms with Crippen molar-refractivity contribution >= 4 is 17.4 Å². The van der Waals surface area contributed by atoms with Crippen molar-refractivity contribution in [2.45, 2.75) is 32.2 Å². The second kappa shape index (κ2) is 5.17. The molecule has 1 aromatic heterocycles. The van der Waals surface area contributed by atoms with Crippen molar-refractivity contribution in [2.24, 2.45) is 0 Å². The van der Waals surface area contributed by atoms with Gasteiger partial charge in [-0.15, -0.1) is 0 Å². The van der Waals surface area contributed by atoms with E-state index in [1.54, 1.807) is 6.07 Å². The Bertz CT molecular complexity index is 577. The van der Waals surface area contributed by atoms with Gasteiger partial charge in [-0.3, -0.25) is 0 Å². The minimum Gasteiger partial charge on any atom is -0.363 e. The van der Waals surface area contributed by atoms with Gasteiger partial charge in [0.25, 0.3) is 0 Å². The van der Waals surface area contributed by atoms with Gasteiger partial charge in [0, 0.05) is 6.07 Å². The second-order valence-corrected chi connectivity index (χ2v) is 5.30. The van der Waals surface area contributed by atoms with Crippen LogP contribution < -0.4 is 5.32 Å². The Balaban J connectivity index is 1.88. The van der Waals surface area contributed by atoms with Crippen LogP contribution in [-0.2, 0) is 6.42 Å². The third-order valence-electron chi connectivity index (χ3n) is 3.50. The molecule has 0 bridgehead atoms. The first-order valence-corrected chi connectivity index (χ1v) is 6.96. The fourth-order valence-electron chi connectivity index (χ4n) is 2.69. The van der Waals surface area contributed by atoms with Crippen molar-refractivity contribution < 1.29 is 0 Å². The quantitative estimate of drug-likeness (QED) is 0.843. The van der Waals surface area contributed by atoms with Gasteiger partial charge >= 0.3 is 0 Å². The fraction of sp³-hybridized carbons (Fsp3) is 0.333. The zero-order chi connectivity index (χ0) is 13.2. The molecule has 1 atom stereocenters. The van der Waals surface area contributed by atoms with E-state index in [4.69, 9.17) is 11.6 Å². The SMILES string of the molecule is Cc1nc(Cl)cc(N[C@@H]2CCCc3ccccc32)n1. The Kier molecular flexibility index (Phi) is 3.38. The number of halogens is 1. The summed E-state index contributed by atoms with van der Waals surface area (Å²) in [4.78, 5) is 8.48. The topological polar surface area (TPSA) is 37.8 Å². The number of benzene rings is 1. The molecule has 3 nitrogen and oxygen atoms in total. The van der Waals surface area contributed by atoms with Crippen LogP contribution in [0.1, 0.15) is 35.8 Å². The Morgan fingerprint density at radius 1 is 1.26 bits per heavy atom. The number of hydrogen-bond acceptors (Lipinski definition) is 3. The number of aromatic nitrogens is 2. The lowest BCUT2D eigenvalue weighted by atomic mass is 9.88. The number of anilines is 1. The number of fused-ring (bicyclic) bond motifs is 1. The Labute approximate surface area is 118 Å². The molecular formula is C15H16ClN3. The zero-order valence-corrected chi connectivity index (χ0v) is 11.6. The average Bonchev–Trinajstić information content (AvgIpc) is 2.38. The maximum Gasteiger partial charge on any atom is 0.134 e. The molecule has 0 saturated carbocycles. The minimum absolute atomic E-state index is 0.315.